The van der Waals surface area contributed by atoms with Crippen LogP contribution in [0.2, 0.25) is 0 Å². The van der Waals surface area contributed by atoms with Gasteiger partial charge in [0.05, 0.1) is 28.8 Å². The second-order valence-electron chi connectivity index (χ2n) is 9.27. The predicted molar refractivity (Wildman–Crippen MR) is 138 cm³/mol. The maximum atomic E-state index is 13.7. The summed E-state index contributed by atoms with van der Waals surface area (Å²) in [6.07, 6.45) is 1.77. The minimum absolute atomic E-state index is 0.0340. The third-order valence-electron chi connectivity index (χ3n) is 6.99. The van der Waals surface area contributed by atoms with E-state index in [1.165, 1.54) is 0 Å². The van der Waals surface area contributed by atoms with E-state index in [2.05, 4.69) is 21.8 Å². The molecule has 3 aromatic heterocycles. The summed E-state index contributed by atoms with van der Waals surface area (Å²) in [5.41, 5.74) is 4.06. The molecule has 0 saturated carbocycles. The zero-order chi connectivity index (χ0) is 23.9. The second-order valence-corrected chi connectivity index (χ2v) is 9.27. The van der Waals surface area contributed by atoms with Gasteiger partial charge in [0, 0.05) is 54.3 Å². The molecule has 6 nitrogen and oxygen atoms in total. The molecule has 1 aliphatic rings. The van der Waals surface area contributed by atoms with Gasteiger partial charge in [0.1, 0.15) is 0 Å². The molecule has 174 valence electrons. The number of ketones is 2. The zero-order valence-electron chi connectivity index (χ0n) is 19.6. The van der Waals surface area contributed by atoms with Crippen molar-refractivity contribution in [2.45, 2.75) is 0 Å². The Hall–Kier alpha value is -3.87. The standard InChI is InChI=1S/C29H26N4O2/c1-31-14-16-32(17-15-31)19-26(34)23-18-25(29(35)22-6-3-2-4-7-22)33-24(23)12-11-21-10-9-20-8-5-13-30-27(20)28(21)33/h2-13,18H,14-17,19H2,1H3. The number of piperazine rings is 1. The fourth-order valence-corrected chi connectivity index (χ4v) is 5.04. The Morgan fingerprint density at radius 1 is 0.857 bits per heavy atom. The first-order valence-corrected chi connectivity index (χ1v) is 12.0. The Morgan fingerprint density at radius 3 is 2.40 bits per heavy atom. The van der Waals surface area contributed by atoms with Crippen molar-refractivity contribution in [2.24, 2.45) is 0 Å². The maximum Gasteiger partial charge on any atom is 0.209 e. The van der Waals surface area contributed by atoms with E-state index in [1.54, 1.807) is 12.3 Å². The molecule has 1 saturated heterocycles. The summed E-state index contributed by atoms with van der Waals surface area (Å²) in [7, 11) is 2.10. The van der Waals surface area contributed by atoms with Crippen LogP contribution in [0, 0.1) is 0 Å². The first kappa shape index (κ1) is 21.6. The molecular weight excluding hydrogens is 436 g/mol. The van der Waals surface area contributed by atoms with Crippen LogP contribution in [0.25, 0.3) is 27.3 Å². The van der Waals surface area contributed by atoms with Crippen LogP contribution in [-0.4, -0.2) is 70.5 Å². The number of aromatic nitrogens is 2. The number of fused-ring (bicyclic) bond motifs is 5. The number of carbonyl (C=O) groups is 2. The second kappa shape index (κ2) is 8.73. The smallest absolute Gasteiger partial charge is 0.209 e. The Kier molecular flexibility index (Phi) is 5.40. The van der Waals surface area contributed by atoms with Gasteiger partial charge in [-0.25, -0.2) is 0 Å². The van der Waals surface area contributed by atoms with Crippen LogP contribution in [0.15, 0.2) is 79.0 Å². The largest absolute Gasteiger partial charge is 0.304 e. The van der Waals surface area contributed by atoms with Gasteiger partial charge in [0.15, 0.2) is 5.78 Å². The number of benzene rings is 2. The zero-order valence-corrected chi connectivity index (χ0v) is 19.6. The van der Waals surface area contributed by atoms with Crippen molar-refractivity contribution in [3.63, 3.8) is 0 Å². The van der Waals surface area contributed by atoms with Crippen LogP contribution in [0.4, 0.5) is 0 Å². The van der Waals surface area contributed by atoms with Crippen molar-refractivity contribution in [2.75, 3.05) is 39.8 Å². The Bertz CT molecular complexity index is 1580. The number of likely N-dealkylation sites (N-methyl/N-ethyl adjacent to an activating group) is 1. The van der Waals surface area contributed by atoms with Crippen molar-refractivity contribution < 1.29 is 9.59 Å². The van der Waals surface area contributed by atoms with Crippen LogP contribution in [0.5, 0.6) is 0 Å². The molecule has 35 heavy (non-hydrogen) atoms. The summed E-state index contributed by atoms with van der Waals surface area (Å²) in [6, 6.07) is 23.0. The van der Waals surface area contributed by atoms with Crippen molar-refractivity contribution in [3.8, 4) is 0 Å². The van der Waals surface area contributed by atoms with Crippen molar-refractivity contribution in [1.29, 1.82) is 0 Å². The fourth-order valence-electron chi connectivity index (χ4n) is 5.04. The molecule has 6 rings (SSSR count). The molecule has 0 bridgehead atoms. The van der Waals surface area contributed by atoms with E-state index in [0.717, 1.165) is 53.5 Å². The molecule has 6 heteroatoms. The highest BCUT2D eigenvalue weighted by atomic mass is 16.1. The van der Waals surface area contributed by atoms with E-state index < -0.39 is 0 Å². The van der Waals surface area contributed by atoms with Gasteiger partial charge >= 0.3 is 0 Å². The summed E-state index contributed by atoms with van der Waals surface area (Å²) in [4.78, 5) is 36.4. The number of carbonyl (C=O) groups excluding carboxylic acids is 2. The van der Waals surface area contributed by atoms with Crippen LogP contribution in [0.1, 0.15) is 26.4 Å². The van der Waals surface area contributed by atoms with Gasteiger partial charge < -0.3 is 9.30 Å². The van der Waals surface area contributed by atoms with Gasteiger partial charge in [-0.15, -0.1) is 0 Å². The number of Topliss-reactive ketones (excluding diaryl/α,β-unsaturated/α-hetero) is 1. The highest BCUT2D eigenvalue weighted by Crippen LogP contribution is 2.30. The molecule has 2 aromatic carbocycles. The van der Waals surface area contributed by atoms with Crippen molar-refractivity contribution >= 4 is 38.9 Å². The highest BCUT2D eigenvalue weighted by Gasteiger charge is 2.25. The average molecular weight is 463 g/mol. The van der Waals surface area contributed by atoms with Gasteiger partial charge in [-0.1, -0.05) is 54.6 Å². The van der Waals surface area contributed by atoms with Gasteiger partial charge in [-0.05, 0) is 25.2 Å². The van der Waals surface area contributed by atoms with E-state index in [4.69, 9.17) is 0 Å². The SMILES string of the molecule is CN1CCN(CC(=O)c2cc(C(=O)c3ccccc3)n3c2ccc2ccc4cccnc4c23)CC1. The molecule has 1 fully saturated rings. The lowest BCUT2D eigenvalue weighted by atomic mass is 10.1. The summed E-state index contributed by atoms with van der Waals surface area (Å²) >= 11 is 0. The summed E-state index contributed by atoms with van der Waals surface area (Å²) in [6.45, 7) is 3.97. The molecule has 0 aliphatic carbocycles. The molecule has 0 radical (unpaired) electrons. The molecule has 0 amide bonds. The lowest BCUT2D eigenvalue weighted by Crippen LogP contribution is -2.46. The Balaban J connectivity index is 1.56. The molecule has 0 N–H and O–H groups in total. The number of pyridine rings is 2. The van der Waals surface area contributed by atoms with Crippen molar-refractivity contribution in [3.05, 3.63) is 95.8 Å². The van der Waals surface area contributed by atoms with E-state index in [9.17, 15) is 9.59 Å². The Morgan fingerprint density at radius 2 is 1.60 bits per heavy atom. The summed E-state index contributed by atoms with van der Waals surface area (Å²) < 4.78 is 1.94. The number of nitrogens with zero attached hydrogens (tertiary/aromatic N) is 4. The van der Waals surface area contributed by atoms with Crippen LogP contribution >= 0.6 is 0 Å². The lowest BCUT2D eigenvalue weighted by molar-refractivity contribution is 0.0878. The molecule has 4 heterocycles. The quantitative estimate of drug-likeness (QED) is 0.288. The highest BCUT2D eigenvalue weighted by molar-refractivity contribution is 6.15. The monoisotopic (exact) mass is 462 g/mol. The molecule has 0 atom stereocenters. The molecular formula is C29H26N4O2. The van der Waals surface area contributed by atoms with Gasteiger partial charge in [0.2, 0.25) is 5.78 Å². The number of hydrogen-bond donors (Lipinski definition) is 0. The predicted octanol–water partition coefficient (Wildman–Crippen LogP) is 4.30. The van der Waals surface area contributed by atoms with Crippen LogP contribution in [-0.2, 0) is 0 Å². The van der Waals surface area contributed by atoms with E-state index in [1.807, 2.05) is 71.1 Å². The van der Waals surface area contributed by atoms with Gasteiger partial charge in [-0.3, -0.25) is 19.5 Å². The maximum absolute atomic E-state index is 13.7. The average Bonchev–Trinajstić information content (AvgIpc) is 3.30. The number of hydrogen-bond acceptors (Lipinski definition) is 5. The van der Waals surface area contributed by atoms with Gasteiger partial charge in [0.25, 0.3) is 0 Å². The topological polar surface area (TPSA) is 57.9 Å². The minimum Gasteiger partial charge on any atom is -0.304 e. The lowest BCUT2D eigenvalue weighted by Gasteiger charge is -2.31. The first-order chi connectivity index (χ1) is 17.1. The third kappa shape index (κ3) is 3.81. The molecule has 0 unspecified atom stereocenters. The van der Waals surface area contributed by atoms with E-state index in [-0.39, 0.29) is 11.6 Å². The molecule has 1 aliphatic heterocycles. The first-order valence-electron chi connectivity index (χ1n) is 12.0. The van der Waals surface area contributed by atoms with Crippen LogP contribution in [0.3, 0.4) is 0 Å². The third-order valence-corrected chi connectivity index (χ3v) is 6.99. The minimum atomic E-state index is -0.111. The van der Waals surface area contributed by atoms with E-state index >= 15 is 0 Å². The van der Waals surface area contributed by atoms with E-state index in [0.29, 0.717) is 23.4 Å². The molecule has 0 spiro atoms. The number of rotatable bonds is 5. The summed E-state index contributed by atoms with van der Waals surface area (Å²) in [5.74, 6) is -0.0774. The van der Waals surface area contributed by atoms with Crippen molar-refractivity contribution in [1.82, 2.24) is 19.2 Å². The van der Waals surface area contributed by atoms with Crippen LogP contribution < -0.4 is 0 Å². The van der Waals surface area contributed by atoms with Gasteiger partial charge in [-0.2, -0.15) is 0 Å². The fraction of sp³-hybridized carbons (Fsp3) is 0.207. The molecule has 5 aromatic rings. The normalized spacial score (nSPS) is 15.2. The Labute approximate surface area is 203 Å². The summed E-state index contributed by atoms with van der Waals surface area (Å²) in [5, 5.41) is 1.96.